The summed E-state index contributed by atoms with van der Waals surface area (Å²) in [4.78, 5) is 27.0. The first-order chi connectivity index (χ1) is 9.06. The van der Waals surface area contributed by atoms with Gasteiger partial charge >= 0.3 is 0 Å². The van der Waals surface area contributed by atoms with Crippen LogP contribution in [0.15, 0.2) is 41.6 Å². The van der Waals surface area contributed by atoms with E-state index in [1.54, 1.807) is 12.1 Å². The fourth-order valence-electron chi connectivity index (χ4n) is 1.43. The molecule has 0 aliphatic heterocycles. The summed E-state index contributed by atoms with van der Waals surface area (Å²) < 4.78 is 1.19. The second kappa shape index (κ2) is 5.86. The van der Waals surface area contributed by atoms with Gasteiger partial charge in [-0.1, -0.05) is 23.2 Å². The molecule has 0 fully saturated rings. The molecule has 0 atom stereocenters. The third kappa shape index (κ3) is 3.56. The molecule has 1 aromatic carbocycles. The normalized spacial score (nSPS) is 10.2. The van der Waals surface area contributed by atoms with Gasteiger partial charge in [-0.05, 0) is 18.2 Å². The standard InChI is InChI=1S/C12H9Cl2N3O2/c13-8-1-2-9(14)10(5-8)16-11(18)6-17-7-15-4-3-12(17)19/h1-5,7H,6H2,(H,16,18). The van der Waals surface area contributed by atoms with Gasteiger partial charge in [-0.3, -0.25) is 14.2 Å². The van der Waals surface area contributed by atoms with E-state index in [-0.39, 0.29) is 18.0 Å². The van der Waals surface area contributed by atoms with Gasteiger partial charge in [0.25, 0.3) is 5.56 Å². The molecule has 1 N–H and O–H groups in total. The summed E-state index contributed by atoms with van der Waals surface area (Å²) in [5, 5.41) is 3.41. The number of benzene rings is 1. The van der Waals surface area contributed by atoms with Crippen LogP contribution < -0.4 is 10.9 Å². The number of nitrogens with zero attached hydrogens (tertiary/aromatic N) is 2. The van der Waals surface area contributed by atoms with Gasteiger partial charge in [0, 0.05) is 17.3 Å². The zero-order valence-corrected chi connectivity index (χ0v) is 11.1. The second-order valence-corrected chi connectivity index (χ2v) is 4.56. The Morgan fingerprint density at radius 2 is 2.11 bits per heavy atom. The van der Waals surface area contributed by atoms with Gasteiger partial charge < -0.3 is 5.32 Å². The number of amides is 1. The van der Waals surface area contributed by atoms with Crippen LogP contribution in [0.25, 0.3) is 0 Å². The van der Waals surface area contributed by atoms with Crippen LogP contribution in [0.5, 0.6) is 0 Å². The van der Waals surface area contributed by atoms with Crippen LogP contribution in [0.4, 0.5) is 5.69 Å². The molecule has 0 aliphatic rings. The molecule has 0 unspecified atom stereocenters. The van der Waals surface area contributed by atoms with Gasteiger partial charge in [0.15, 0.2) is 0 Å². The van der Waals surface area contributed by atoms with Crippen molar-refractivity contribution in [3.8, 4) is 0 Å². The fourth-order valence-corrected chi connectivity index (χ4v) is 1.77. The van der Waals surface area contributed by atoms with Crippen molar-refractivity contribution >= 4 is 34.8 Å². The molecule has 0 radical (unpaired) electrons. The first kappa shape index (κ1) is 13.6. The average Bonchev–Trinajstić information content (AvgIpc) is 2.37. The number of aromatic nitrogens is 2. The summed E-state index contributed by atoms with van der Waals surface area (Å²) >= 11 is 11.7. The molecule has 0 saturated carbocycles. The molecule has 0 saturated heterocycles. The van der Waals surface area contributed by atoms with E-state index < -0.39 is 0 Å². The SMILES string of the molecule is O=C(Cn1cnccc1=O)Nc1cc(Cl)ccc1Cl. The van der Waals surface area contributed by atoms with Crippen LogP contribution >= 0.6 is 23.2 Å². The molecule has 1 heterocycles. The van der Waals surface area contributed by atoms with Crippen LogP contribution in [0.2, 0.25) is 10.0 Å². The lowest BCUT2D eigenvalue weighted by Gasteiger charge is -2.08. The van der Waals surface area contributed by atoms with E-state index in [9.17, 15) is 9.59 Å². The molecule has 7 heteroatoms. The summed E-state index contributed by atoms with van der Waals surface area (Å²) in [5.74, 6) is -0.390. The predicted molar refractivity (Wildman–Crippen MR) is 73.6 cm³/mol. The number of hydrogen-bond donors (Lipinski definition) is 1. The van der Waals surface area contributed by atoms with Crippen molar-refractivity contribution in [1.82, 2.24) is 9.55 Å². The maximum atomic E-state index is 11.8. The highest BCUT2D eigenvalue weighted by atomic mass is 35.5. The molecule has 5 nitrogen and oxygen atoms in total. The molecule has 98 valence electrons. The summed E-state index contributed by atoms with van der Waals surface area (Å²) in [7, 11) is 0. The molecule has 0 aliphatic carbocycles. The van der Waals surface area contributed by atoms with Crippen LogP contribution in [-0.4, -0.2) is 15.5 Å². The highest BCUT2D eigenvalue weighted by Crippen LogP contribution is 2.25. The van der Waals surface area contributed by atoms with Crippen molar-refractivity contribution < 1.29 is 4.79 Å². The zero-order chi connectivity index (χ0) is 13.8. The van der Waals surface area contributed by atoms with E-state index >= 15 is 0 Å². The minimum Gasteiger partial charge on any atom is -0.323 e. The molecule has 2 rings (SSSR count). The Morgan fingerprint density at radius 1 is 1.32 bits per heavy atom. The van der Waals surface area contributed by atoms with Crippen molar-refractivity contribution in [3.63, 3.8) is 0 Å². The third-order valence-electron chi connectivity index (χ3n) is 2.31. The lowest BCUT2D eigenvalue weighted by molar-refractivity contribution is -0.116. The van der Waals surface area contributed by atoms with Crippen LogP contribution in [-0.2, 0) is 11.3 Å². The summed E-state index contributed by atoms with van der Waals surface area (Å²) in [6.07, 6.45) is 2.66. The molecular formula is C12H9Cl2N3O2. The maximum Gasteiger partial charge on any atom is 0.253 e. The quantitative estimate of drug-likeness (QED) is 0.944. The van der Waals surface area contributed by atoms with Crippen molar-refractivity contribution in [2.45, 2.75) is 6.54 Å². The molecule has 2 aromatic rings. The Morgan fingerprint density at radius 3 is 2.84 bits per heavy atom. The van der Waals surface area contributed by atoms with Gasteiger partial charge in [0.05, 0.1) is 17.0 Å². The fraction of sp³-hybridized carbons (Fsp3) is 0.0833. The lowest BCUT2D eigenvalue weighted by atomic mass is 10.3. The largest absolute Gasteiger partial charge is 0.323 e. The number of rotatable bonds is 3. The van der Waals surface area contributed by atoms with E-state index in [2.05, 4.69) is 10.3 Å². The molecule has 1 amide bonds. The third-order valence-corrected chi connectivity index (χ3v) is 2.87. The maximum absolute atomic E-state index is 11.8. The van der Waals surface area contributed by atoms with E-state index in [0.717, 1.165) is 0 Å². The highest BCUT2D eigenvalue weighted by molar-refractivity contribution is 6.35. The molecular weight excluding hydrogens is 289 g/mol. The Balaban J connectivity index is 2.12. The average molecular weight is 298 g/mol. The van der Waals surface area contributed by atoms with E-state index in [0.29, 0.717) is 15.7 Å². The van der Waals surface area contributed by atoms with E-state index in [4.69, 9.17) is 23.2 Å². The first-order valence-electron chi connectivity index (χ1n) is 5.31. The topological polar surface area (TPSA) is 64.0 Å². The number of carbonyl (C=O) groups excluding carboxylic acids is 1. The highest BCUT2D eigenvalue weighted by Gasteiger charge is 2.08. The van der Waals surface area contributed by atoms with Gasteiger partial charge in [-0.2, -0.15) is 0 Å². The molecule has 0 bridgehead atoms. The number of halogens is 2. The Labute approximate surface area is 118 Å². The van der Waals surface area contributed by atoms with Crippen molar-refractivity contribution in [3.05, 3.63) is 57.2 Å². The monoisotopic (exact) mass is 297 g/mol. The van der Waals surface area contributed by atoms with Crippen LogP contribution in [0.3, 0.4) is 0 Å². The van der Waals surface area contributed by atoms with Crippen molar-refractivity contribution in [1.29, 1.82) is 0 Å². The first-order valence-corrected chi connectivity index (χ1v) is 6.07. The Kier molecular flexibility index (Phi) is 4.19. The lowest BCUT2D eigenvalue weighted by Crippen LogP contribution is -2.27. The molecule has 19 heavy (non-hydrogen) atoms. The molecule has 1 aromatic heterocycles. The predicted octanol–water partition coefficient (Wildman–Crippen LogP) is 2.19. The number of hydrogen-bond acceptors (Lipinski definition) is 3. The summed E-state index contributed by atoms with van der Waals surface area (Å²) in [6, 6.07) is 6.01. The zero-order valence-electron chi connectivity index (χ0n) is 9.64. The Hall–Kier alpha value is -1.85. The molecule has 0 spiro atoms. The van der Waals surface area contributed by atoms with Gasteiger partial charge in [0.1, 0.15) is 6.54 Å². The minimum absolute atomic E-state index is 0.143. The number of anilines is 1. The van der Waals surface area contributed by atoms with E-state index in [1.165, 1.54) is 29.2 Å². The summed E-state index contributed by atoms with van der Waals surface area (Å²) in [6.45, 7) is -0.143. The van der Waals surface area contributed by atoms with E-state index in [1.807, 2.05) is 0 Å². The van der Waals surface area contributed by atoms with Crippen LogP contribution in [0.1, 0.15) is 0 Å². The smallest absolute Gasteiger partial charge is 0.253 e. The van der Waals surface area contributed by atoms with Gasteiger partial charge in [-0.25, -0.2) is 4.98 Å². The summed E-state index contributed by atoms with van der Waals surface area (Å²) in [5.41, 5.74) is 0.0958. The second-order valence-electron chi connectivity index (χ2n) is 3.72. The Bertz CT molecular complexity index is 670. The number of carbonyl (C=O) groups is 1. The van der Waals surface area contributed by atoms with Crippen molar-refractivity contribution in [2.75, 3.05) is 5.32 Å². The van der Waals surface area contributed by atoms with Crippen LogP contribution in [0, 0.1) is 0 Å². The van der Waals surface area contributed by atoms with Gasteiger partial charge in [-0.15, -0.1) is 0 Å². The number of nitrogens with one attached hydrogen (secondary N) is 1. The van der Waals surface area contributed by atoms with Gasteiger partial charge in [0.2, 0.25) is 5.91 Å². The minimum atomic E-state index is -0.390. The van der Waals surface area contributed by atoms with Crippen molar-refractivity contribution in [2.24, 2.45) is 0 Å².